The third-order valence-electron chi connectivity index (χ3n) is 5.43. The van der Waals surface area contributed by atoms with Crippen LogP contribution in [0.1, 0.15) is 36.8 Å². The molecule has 0 amide bonds. The fraction of sp³-hybridized carbons (Fsp3) is 0.391. The van der Waals surface area contributed by atoms with Crippen LogP contribution in [0.3, 0.4) is 0 Å². The van der Waals surface area contributed by atoms with Crippen LogP contribution in [-0.2, 0) is 4.74 Å². The first-order valence-electron chi connectivity index (χ1n) is 9.87. The minimum atomic E-state index is 0.104. The van der Waals surface area contributed by atoms with Gasteiger partial charge in [-0.3, -0.25) is 0 Å². The number of nitrogens with two attached hydrogens (primary N) is 1. The van der Waals surface area contributed by atoms with Crippen molar-refractivity contribution in [3.63, 3.8) is 0 Å². The van der Waals surface area contributed by atoms with E-state index in [1.165, 1.54) is 25.7 Å². The summed E-state index contributed by atoms with van der Waals surface area (Å²) in [5, 5.41) is 10.4. The summed E-state index contributed by atoms with van der Waals surface area (Å²) < 4.78 is 11.0. The van der Waals surface area contributed by atoms with Gasteiger partial charge in [-0.05, 0) is 36.5 Å². The Hall–Kier alpha value is -2.67. The minimum Gasteiger partial charge on any atom is -0.486 e. The van der Waals surface area contributed by atoms with Crippen LogP contribution in [0.15, 0.2) is 29.3 Å². The standard InChI is InChI=1S/C23H23N3O2S/c1-2-19-21(16-7-9-17(10-8-16)28-18-12-27-13-18)20(11-24)22(25)26-23(19)29-14-15-5-3-4-6-15/h1,7-10,15,18H,3-6,12-14H2,(H2,25,26). The van der Waals surface area contributed by atoms with E-state index in [9.17, 15) is 5.26 Å². The Bertz CT molecular complexity index is 966. The van der Waals surface area contributed by atoms with E-state index >= 15 is 0 Å². The fourth-order valence-corrected chi connectivity index (χ4v) is 4.97. The predicted octanol–water partition coefficient (Wildman–Crippen LogP) is 4.24. The number of anilines is 1. The highest BCUT2D eigenvalue weighted by Gasteiger charge is 2.23. The second kappa shape index (κ2) is 8.78. The zero-order valence-electron chi connectivity index (χ0n) is 16.2. The smallest absolute Gasteiger partial charge is 0.145 e. The van der Waals surface area contributed by atoms with Gasteiger partial charge in [0.2, 0.25) is 0 Å². The summed E-state index contributed by atoms with van der Waals surface area (Å²) in [6.45, 7) is 1.23. The van der Waals surface area contributed by atoms with Gasteiger partial charge in [-0.25, -0.2) is 4.98 Å². The highest BCUT2D eigenvalue weighted by atomic mass is 32.2. The fourth-order valence-electron chi connectivity index (χ4n) is 3.77. The van der Waals surface area contributed by atoms with E-state index in [1.807, 2.05) is 24.3 Å². The number of hydrogen-bond donors (Lipinski definition) is 1. The molecule has 0 unspecified atom stereocenters. The lowest BCUT2D eigenvalue weighted by atomic mass is 9.96. The number of nitrogens with zero attached hydrogens (tertiary/aromatic N) is 2. The molecule has 1 saturated carbocycles. The first kappa shape index (κ1) is 19.6. The van der Waals surface area contributed by atoms with Gasteiger partial charge in [0.1, 0.15) is 34.3 Å². The molecule has 2 N–H and O–H groups in total. The van der Waals surface area contributed by atoms with Crippen LogP contribution in [-0.4, -0.2) is 30.1 Å². The van der Waals surface area contributed by atoms with Crippen molar-refractivity contribution in [3.8, 4) is 35.3 Å². The summed E-state index contributed by atoms with van der Waals surface area (Å²) in [5.41, 5.74) is 8.62. The first-order valence-corrected chi connectivity index (χ1v) is 10.9. The highest BCUT2D eigenvalue weighted by molar-refractivity contribution is 7.99. The number of nitrogen functional groups attached to an aromatic ring is 1. The molecule has 2 aromatic rings. The van der Waals surface area contributed by atoms with Crippen LogP contribution in [0, 0.1) is 29.6 Å². The molecule has 4 rings (SSSR count). The van der Waals surface area contributed by atoms with Gasteiger partial charge in [0, 0.05) is 11.3 Å². The van der Waals surface area contributed by atoms with Gasteiger partial charge in [0.15, 0.2) is 0 Å². The molecule has 1 aromatic heterocycles. The molecule has 0 atom stereocenters. The van der Waals surface area contributed by atoms with Gasteiger partial charge in [-0.2, -0.15) is 5.26 Å². The lowest BCUT2D eigenvalue weighted by Gasteiger charge is -2.26. The van der Waals surface area contributed by atoms with Crippen molar-refractivity contribution >= 4 is 17.6 Å². The second-order valence-electron chi connectivity index (χ2n) is 7.45. The van der Waals surface area contributed by atoms with E-state index < -0.39 is 0 Å². The van der Waals surface area contributed by atoms with E-state index in [4.69, 9.17) is 21.6 Å². The van der Waals surface area contributed by atoms with Gasteiger partial charge in [0.05, 0.1) is 18.8 Å². The highest BCUT2D eigenvalue weighted by Crippen LogP contribution is 2.38. The summed E-state index contributed by atoms with van der Waals surface area (Å²) in [7, 11) is 0. The first-order chi connectivity index (χ1) is 14.2. The summed E-state index contributed by atoms with van der Waals surface area (Å²) in [6, 6.07) is 9.79. The van der Waals surface area contributed by atoms with Gasteiger partial charge in [0.25, 0.3) is 0 Å². The lowest BCUT2D eigenvalue weighted by molar-refractivity contribution is -0.0796. The maximum atomic E-state index is 9.70. The molecule has 29 heavy (non-hydrogen) atoms. The maximum absolute atomic E-state index is 9.70. The van der Waals surface area contributed by atoms with E-state index in [-0.39, 0.29) is 11.9 Å². The maximum Gasteiger partial charge on any atom is 0.145 e. The van der Waals surface area contributed by atoms with Crippen molar-refractivity contribution in [2.45, 2.75) is 36.8 Å². The van der Waals surface area contributed by atoms with Crippen molar-refractivity contribution in [2.75, 3.05) is 24.7 Å². The number of benzene rings is 1. The number of terminal acetylenes is 1. The minimum absolute atomic E-state index is 0.104. The van der Waals surface area contributed by atoms with Crippen molar-refractivity contribution in [2.24, 2.45) is 5.92 Å². The monoisotopic (exact) mass is 405 g/mol. The molecule has 5 nitrogen and oxygen atoms in total. The van der Waals surface area contributed by atoms with E-state index in [2.05, 4.69) is 17.0 Å². The third-order valence-corrected chi connectivity index (χ3v) is 6.64. The molecule has 2 aliphatic rings. The molecule has 1 aliphatic heterocycles. The summed E-state index contributed by atoms with van der Waals surface area (Å²) in [4.78, 5) is 4.47. The van der Waals surface area contributed by atoms with E-state index in [0.717, 1.165) is 22.1 Å². The van der Waals surface area contributed by atoms with Crippen molar-refractivity contribution in [3.05, 3.63) is 35.4 Å². The Morgan fingerprint density at radius 3 is 2.52 bits per heavy atom. The number of nitriles is 1. The third kappa shape index (κ3) is 4.19. The zero-order chi connectivity index (χ0) is 20.2. The zero-order valence-corrected chi connectivity index (χ0v) is 17.0. The van der Waals surface area contributed by atoms with E-state index in [1.54, 1.807) is 11.8 Å². The van der Waals surface area contributed by atoms with Gasteiger partial charge >= 0.3 is 0 Å². The molecule has 2 fully saturated rings. The van der Waals surface area contributed by atoms with Gasteiger partial charge < -0.3 is 15.2 Å². The van der Waals surface area contributed by atoms with Crippen LogP contribution < -0.4 is 10.5 Å². The Morgan fingerprint density at radius 1 is 1.21 bits per heavy atom. The van der Waals surface area contributed by atoms with E-state index in [0.29, 0.717) is 35.8 Å². The molecule has 1 aromatic carbocycles. The number of hydrogen-bond acceptors (Lipinski definition) is 6. The van der Waals surface area contributed by atoms with Crippen molar-refractivity contribution in [1.82, 2.24) is 4.98 Å². The molecule has 1 saturated heterocycles. The topological polar surface area (TPSA) is 81.2 Å². The molecule has 0 bridgehead atoms. The molecule has 6 heteroatoms. The Kier molecular flexibility index (Phi) is 5.94. The number of pyridine rings is 1. The normalized spacial score (nSPS) is 16.8. The summed E-state index contributed by atoms with van der Waals surface area (Å²) in [6.07, 6.45) is 11.1. The molecular formula is C23H23N3O2S. The molecule has 2 heterocycles. The molecule has 148 valence electrons. The van der Waals surface area contributed by atoms with Gasteiger partial charge in [-0.1, -0.05) is 30.9 Å². The second-order valence-corrected chi connectivity index (χ2v) is 8.46. The quantitative estimate of drug-likeness (QED) is 0.572. The van der Waals surface area contributed by atoms with Crippen LogP contribution in [0.25, 0.3) is 11.1 Å². The van der Waals surface area contributed by atoms with Gasteiger partial charge in [-0.15, -0.1) is 18.2 Å². The lowest BCUT2D eigenvalue weighted by Crippen LogP contribution is -2.38. The molecular weight excluding hydrogens is 382 g/mol. The SMILES string of the molecule is C#Cc1c(SCC2CCCC2)nc(N)c(C#N)c1-c1ccc(OC2COC2)cc1. The number of ether oxygens (including phenoxy) is 2. The average molecular weight is 406 g/mol. The molecule has 0 radical (unpaired) electrons. The van der Waals surface area contributed by atoms with Crippen LogP contribution in [0.4, 0.5) is 5.82 Å². The Balaban J connectivity index is 1.66. The summed E-state index contributed by atoms with van der Waals surface area (Å²) >= 11 is 1.65. The number of thioether (sulfide) groups is 1. The van der Waals surface area contributed by atoms with Crippen LogP contribution >= 0.6 is 11.8 Å². The Labute approximate surface area is 175 Å². The average Bonchev–Trinajstić information content (AvgIpc) is 3.22. The van der Waals surface area contributed by atoms with Crippen molar-refractivity contribution in [1.29, 1.82) is 5.26 Å². The molecule has 1 aliphatic carbocycles. The largest absolute Gasteiger partial charge is 0.486 e. The van der Waals surface area contributed by atoms with Crippen LogP contribution in [0.2, 0.25) is 0 Å². The number of rotatable bonds is 6. The Morgan fingerprint density at radius 2 is 1.93 bits per heavy atom. The molecule has 0 spiro atoms. The number of aromatic nitrogens is 1. The van der Waals surface area contributed by atoms with Crippen LogP contribution in [0.5, 0.6) is 5.75 Å². The summed E-state index contributed by atoms with van der Waals surface area (Å²) in [5.74, 6) is 5.43. The predicted molar refractivity (Wildman–Crippen MR) is 115 cm³/mol. The van der Waals surface area contributed by atoms with Crippen molar-refractivity contribution < 1.29 is 9.47 Å².